The van der Waals surface area contributed by atoms with E-state index in [9.17, 15) is 29.8 Å². The molecule has 0 saturated heterocycles. The van der Waals surface area contributed by atoms with Gasteiger partial charge in [0.05, 0.1) is 26.4 Å². The number of carbonyl (C=O) groups excluding carboxylic acids is 2. The number of non-ortho nitro benzene ring substituents is 1. The number of nitro benzene ring substituents is 2. The molecule has 0 bridgehead atoms. The molecule has 0 spiro atoms. The van der Waals surface area contributed by atoms with Gasteiger partial charge in [0.15, 0.2) is 6.61 Å². The van der Waals surface area contributed by atoms with Gasteiger partial charge in [-0.25, -0.2) is 4.79 Å². The van der Waals surface area contributed by atoms with Crippen LogP contribution in [0.5, 0.6) is 0 Å². The molecule has 0 N–H and O–H groups in total. The summed E-state index contributed by atoms with van der Waals surface area (Å²) in [5.41, 5.74) is 3.37. The number of carbonyl (C=O) groups is 2. The van der Waals surface area contributed by atoms with E-state index < -0.39 is 33.8 Å². The highest BCUT2D eigenvalue weighted by atomic mass is 32.2. The number of aryl methyl sites for hydroxylation is 2. The normalized spacial score (nSPS) is 10.6. The van der Waals surface area contributed by atoms with Gasteiger partial charge in [-0.05, 0) is 68.1 Å². The summed E-state index contributed by atoms with van der Waals surface area (Å²) in [5.74, 6) is -1.08. The fourth-order valence-electron chi connectivity index (χ4n) is 3.61. The average molecular weight is 495 g/mol. The number of ketones is 1. The number of ether oxygens (including phenoxy) is 1. The Morgan fingerprint density at radius 3 is 2.09 bits per heavy atom. The number of nitrogens with zero attached hydrogens (tertiary/aromatic N) is 2. The van der Waals surface area contributed by atoms with Crippen LogP contribution >= 0.6 is 11.8 Å². The quantitative estimate of drug-likeness (QED) is 0.163. The highest BCUT2D eigenvalue weighted by Gasteiger charge is 2.23. The molecule has 3 aromatic rings. The Balaban J connectivity index is 1.84. The van der Waals surface area contributed by atoms with E-state index in [1.54, 1.807) is 18.2 Å². The predicted octanol–water partition coefficient (Wildman–Crippen LogP) is 5.93. The summed E-state index contributed by atoms with van der Waals surface area (Å²) >= 11 is 0.907. The third-order valence-corrected chi connectivity index (χ3v) is 6.80. The van der Waals surface area contributed by atoms with Crippen molar-refractivity contribution in [2.24, 2.45) is 0 Å². The van der Waals surface area contributed by atoms with Crippen molar-refractivity contribution < 1.29 is 24.2 Å². The fourth-order valence-corrected chi connectivity index (χ4v) is 4.63. The lowest BCUT2D eigenvalue weighted by Crippen LogP contribution is -2.17. The molecule has 180 valence electrons. The van der Waals surface area contributed by atoms with Crippen LogP contribution in [0.15, 0.2) is 58.3 Å². The Kier molecular flexibility index (Phi) is 7.65. The molecule has 0 saturated carbocycles. The van der Waals surface area contributed by atoms with Gasteiger partial charge in [-0.15, -0.1) is 0 Å². The smallest absolute Gasteiger partial charge is 0.339 e. The minimum Gasteiger partial charge on any atom is -0.454 e. The maximum Gasteiger partial charge on any atom is 0.339 e. The first-order valence-electron chi connectivity index (χ1n) is 10.5. The number of nitro groups is 2. The van der Waals surface area contributed by atoms with Crippen molar-refractivity contribution in [2.75, 3.05) is 6.61 Å². The second kappa shape index (κ2) is 10.5. The molecule has 0 aliphatic heterocycles. The van der Waals surface area contributed by atoms with Crippen molar-refractivity contribution in [3.8, 4) is 0 Å². The minimum absolute atomic E-state index is 0.117. The monoisotopic (exact) mass is 494 g/mol. The van der Waals surface area contributed by atoms with Crippen LogP contribution < -0.4 is 0 Å². The molecule has 3 aromatic carbocycles. The second-order valence-corrected chi connectivity index (χ2v) is 8.98. The van der Waals surface area contributed by atoms with E-state index in [2.05, 4.69) is 0 Å². The summed E-state index contributed by atoms with van der Waals surface area (Å²) < 4.78 is 5.32. The van der Waals surface area contributed by atoms with Crippen molar-refractivity contribution in [1.29, 1.82) is 0 Å². The van der Waals surface area contributed by atoms with Crippen LogP contribution in [0.3, 0.4) is 0 Å². The van der Waals surface area contributed by atoms with E-state index in [1.807, 2.05) is 33.8 Å². The molecule has 0 fully saturated rings. The van der Waals surface area contributed by atoms with E-state index >= 15 is 0 Å². The van der Waals surface area contributed by atoms with E-state index in [0.717, 1.165) is 46.1 Å². The summed E-state index contributed by atoms with van der Waals surface area (Å²) in [4.78, 5) is 47.2. The average Bonchev–Trinajstić information content (AvgIpc) is 2.81. The Morgan fingerprint density at radius 2 is 1.49 bits per heavy atom. The van der Waals surface area contributed by atoms with Crippen LogP contribution in [0.4, 0.5) is 11.4 Å². The molecule has 0 aliphatic rings. The Hall–Kier alpha value is -4.05. The molecule has 35 heavy (non-hydrogen) atoms. The standard InChI is InChI=1S/C25H22N2O7S/c1-14-11-15(2)17(4)24(16(14)3)21(28)13-34-25(29)19-7-5-6-8-22(19)35-23-10-9-18(26(30)31)12-20(23)27(32)33/h5-12H,13H2,1-4H3. The van der Waals surface area contributed by atoms with Crippen LogP contribution in [0, 0.1) is 47.9 Å². The molecule has 0 radical (unpaired) electrons. The van der Waals surface area contributed by atoms with E-state index in [0.29, 0.717) is 10.5 Å². The number of rotatable bonds is 8. The highest BCUT2D eigenvalue weighted by Crippen LogP contribution is 2.38. The van der Waals surface area contributed by atoms with E-state index in [4.69, 9.17) is 4.74 Å². The van der Waals surface area contributed by atoms with Crippen LogP contribution in [0.1, 0.15) is 43.0 Å². The molecule has 10 heteroatoms. The van der Waals surface area contributed by atoms with Crippen molar-refractivity contribution >= 4 is 34.9 Å². The molecule has 0 amide bonds. The highest BCUT2D eigenvalue weighted by molar-refractivity contribution is 7.99. The number of esters is 1. The molecule has 0 aromatic heterocycles. The van der Waals surface area contributed by atoms with Crippen LogP contribution in [-0.2, 0) is 4.74 Å². The molecular weight excluding hydrogens is 472 g/mol. The molecule has 9 nitrogen and oxygen atoms in total. The summed E-state index contributed by atoms with van der Waals surface area (Å²) in [6.45, 7) is 7.06. The third-order valence-electron chi connectivity index (χ3n) is 5.66. The third kappa shape index (κ3) is 5.55. The molecular formula is C25H22N2O7S. The van der Waals surface area contributed by atoms with Crippen LogP contribution in [-0.4, -0.2) is 28.2 Å². The number of hydrogen-bond acceptors (Lipinski definition) is 8. The van der Waals surface area contributed by atoms with Gasteiger partial charge in [0.2, 0.25) is 5.78 Å². The SMILES string of the molecule is Cc1cc(C)c(C)c(C(=O)COC(=O)c2ccccc2Sc2ccc([N+](=O)[O-])cc2[N+](=O)[O-])c1C. The second-order valence-electron chi connectivity index (χ2n) is 7.90. The van der Waals surface area contributed by atoms with Gasteiger partial charge in [-0.3, -0.25) is 25.0 Å². The Bertz CT molecular complexity index is 1340. The lowest BCUT2D eigenvalue weighted by molar-refractivity contribution is -0.396. The summed E-state index contributed by atoms with van der Waals surface area (Å²) in [7, 11) is 0. The molecule has 3 rings (SSSR count). The molecule has 0 heterocycles. The van der Waals surface area contributed by atoms with Gasteiger partial charge in [0.1, 0.15) is 0 Å². The first-order valence-corrected chi connectivity index (χ1v) is 11.3. The van der Waals surface area contributed by atoms with Gasteiger partial charge in [0, 0.05) is 16.5 Å². The van der Waals surface area contributed by atoms with Crippen molar-refractivity contribution in [3.63, 3.8) is 0 Å². The zero-order chi connectivity index (χ0) is 25.9. The molecule has 0 atom stereocenters. The largest absolute Gasteiger partial charge is 0.454 e. The number of benzene rings is 3. The maximum absolute atomic E-state index is 12.9. The lowest BCUT2D eigenvalue weighted by atomic mass is 9.92. The summed E-state index contributed by atoms with van der Waals surface area (Å²) in [6, 6.07) is 11.6. The summed E-state index contributed by atoms with van der Waals surface area (Å²) in [5, 5.41) is 22.4. The Labute approximate surface area is 205 Å². The molecule has 0 unspecified atom stereocenters. The van der Waals surface area contributed by atoms with Gasteiger partial charge < -0.3 is 4.74 Å². The lowest BCUT2D eigenvalue weighted by Gasteiger charge is -2.15. The van der Waals surface area contributed by atoms with Crippen molar-refractivity contribution in [3.05, 3.63) is 102 Å². The van der Waals surface area contributed by atoms with Crippen LogP contribution in [0.2, 0.25) is 0 Å². The van der Waals surface area contributed by atoms with Gasteiger partial charge in [0.25, 0.3) is 11.4 Å². The minimum atomic E-state index is -0.759. The van der Waals surface area contributed by atoms with Crippen LogP contribution in [0.25, 0.3) is 0 Å². The topological polar surface area (TPSA) is 130 Å². The van der Waals surface area contributed by atoms with Crippen molar-refractivity contribution in [2.45, 2.75) is 37.5 Å². The van der Waals surface area contributed by atoms with Gasteiger partial charge >= 0.3 is 5.97 Å². The predicted molar refractivity (Wildman–Crippen MR) is 130 cm³/mol. The zero-order valence-electron chi connectivity index (χ0n) is 19.5. The first-order chi connectivity index (χ1) is 16.5. The maximum atomic E-state index is 12.9. The van der Waals surface area contributed by atoms with Crippen molar-refractivity contribution in [1.82, 2.24) is 0 Å². The molecule has 0 aliphatic carbocycles. The Morgan fingerprint density at radius 1 is 0.857 bits per heavy atom. The van der Waals surface area contributed by atoms with Gasteiger partial charge in [-0.2, -0.15) is 0 Å². The first kappa shape index (κ1) is 25.6. The number of hydrogen-bond donors (Lipinski definition) is 0. The zero-order valence-corrected chi connectivity index (χ0v) is 20.3. The van der Waals surface area contributed by atoms with E-state index in [-0.39, 0.29) is 16.2 Å². The van der Waals surface area contributed by atoms with Gasteiger partial charge in [-0.1, -0.05) is 30.0 Å². The fraction of sp³-hybridized carbons (Fsp3) is 0.200. The number of Topliss-reactive ketones (excluding diaryl/α,β-unsaturated/α-hetero) is 1. The summed E-state index contributed by atoms with van der Waals surface area (Å²) in [6.07, 6.45) is 0. The van der Waals surface area contributed by atoms with E-state index in [1.165, 1.54) is 12.1 Å².